The molecule has 0 spiro atoms. The van der Waals surface area contributed by atoms with Crippen molar-refractivity contribution in [2.24, 2.45) is 0 Å². The summed E-state index contributed by atoms with van der Waals surface area (Å²) < 4.78 is 0. The Hall–Kier alpha value is -0.759. The van der Waals surface area contributed by atoms with Crippen LogP contribution in [-0.4, -0.2) is 9.52 Å². The first-order chi connectivity index (χ1) is 9.19. The number of allylic oxidation sites excluding steroid dienone is 4. The maximum absolute atomic E-state index is 2.21. The molecule has 0 aliphatic heterocycles. The Labute approximate surface area is 142 Å². The Kier molecular flexibility index (Phi) is 15.8. The maximum Gasteiger partial charge on any atom is 0.0213 e. The number of benzene rings is 1. The van der Waals surface area contributed by atoms with Gasteiger partial charge in [-0.15, -0.1) is 40.6 Å². The predicted molar refractivity (Wildman–Crippen MR) is 92.8 cm³/mol. The van der Waals surface area contributed by atoms with Gasteiger partial charge in [0.2, 0.25) is 0 Å². The van der Waals surface area contributed by atoms with Gasteiger partial charge in [-0.3, -0.25) is 0 Å². The molecule has 2 aromatic carbocycles. The molecule has 0 fully saturated rings. The van der Waals surface area contributed by atoms with Crippen LogP contribution < -0.4 is 0 Å². The van der Waals surface area contributed by atoms with E-state index in [1.807, 2.05) is 38.2 Å². The van der Waals surface area contributed by atoms with Gasteiger partial charge in [-0.1, -0.05) is 50.4 Å². The topological polar surface area (TPSA) is 0 Å². The molecule has 0 nitrogen and oxygen atoms in total. The summed E-state index contributed by atoms with van der Waals surface area (Å²) in [7, 11) is 0.750. The monoisotopic (exact) mass is 318 g/mol. The summed E-state index contributed by atoms with van der Waals surface area (Å²) >= 11 is 0. The predicted octanol–water partition coefficient (Wildman–Crippen LogP) is 5.52. The number of hydrogen-bond donors (Lipinski definition) is 0. The molecule has 0 aliphatic rings. The molecule has 0 heterocycles. The number of aryl methyl sites for hydroxylation is 1. The molecule has 2 aromatic rings. The zero-order chi connectivity index (χ0) is 14.5. The van der Waals surface area contributed by atoms with Crippen molar-refractivity contribution in [1.82, 2.24) is 0 Å². The van der Waals surface area contributed by atoms with Crippen LogP contribution in [0, 0.1) is 6.92 Å². The minimum atomic E-state index is 0. The second-order valence-corrected chi connectivity index (χ2v) is 5.45. The molecule has 0 saturated heterocycles. The van der Waals surface area contributed by atoms with Crippen molar-refractivity contribution < 1.29 is 21.7 Å². The van der Waals surface area contributed by atoms with Gasteiger partial charge in [-0.2, -0.15) is 6.07 Å². The Morgan fingerprint density at radius 1 is 1.00 bits per heavy atom. The average molecular weight is 318 g/mol. The van der Waals surface area contributed by atoms with Gasteiger partial charge in [0.15, 0.2) is 0 Å². The fraction of sp³-hybridized carbons (Fsp3) is 0.278. The van der Waals surface area contributed by atoms with Gasteiger partial charge in [-0.25, -0.2) is 0 Å². The van der Waals surface area contributed by atoms with Crippen LogP contribution in [0.2, 0.25) is 13.1 Å². The smallest absolute Gasteiger partial charge is 0.0213 e. The fourth-order valence-electron chi connectivity index (χ4n) is 1.53. The largest absolute Gasteiger partial charge is 0.165 e. The molecule has 0 aromatic heterocycles. The van der Waals surface area contributed by atoms with Crippen LogP contribution >= 0.6 is 0 Å². The summed E-state index contributed by atoms with van der Waals surface area (Å²) in [6, 6.07) is 12.8. The molecule has 0 N–H and O–H groups in total. The third kappa shape index (κ3) is 10.1. The zero-order valence-corrected chi connectivity index (χ0v) is 16.1. The molecule has 0 saturated carbocycles. The Morgan fingerprint density at radius 3 is 1.95 bits per heavy atom. The molecule has 2 rings (SSSR count). The van der Waals surface area contributed by atoms with Crippen LogP contribution in [0.5, 0.6) is 0 Å². The normalized spacial score (nSPS) is 9.65. The van der Waals surface area contributed by atoms with Crippen molar-refractivity contribution in [3.63, 3.8) is 0 Å². The van der Waals surface area contributed by atoms with Crippen LogP contribution in [0.4, 0.5) is 0 Å². The van der Waals surface area contributed by atoms with E-state index in [0.29, 0.717) is 0 Å². The van der Waals surface area contributed by atoms with Crippen LogP contribution in [-0.2, 0) is 21.7 Å². The van der Waals surface area contributed by atoms with Crippen molar-refractivity contribution in [2.45, 2.75) is 33.9 Å². The molecular weight excluding hydrogens is 292 g/mol. The van der Waals surface area contributed by atoms with E-state index in [-0.39, 0.29) is 21.7 Å². The molecule has 1 radical (unpaired) electrons. The van der Waals surface area contributed by atoms with Crippen molar-refractivity contribution in [3.8, 4) is 0 Å². The Morgan fingerprint density at radius 2 is 1.50 bits per heavy atom. The summed E-state index contributed by atoms with van der Waals surface area (Å²) in [6.45, 7) is 10.5. The first-order valence-electron chi connectivity index (χ1n) is 6.79. The van der Waals surface area contributed by atoms with Gasteiger partial charge in [0, 0.05) is 31.2 Å². The molecule has 0 aliphatic carbocycles. The SMILES string of the molecule is CC=CC=CC.C[SiH]C.Cc1cc2ccccc2[cH-]1.[Ti]. The molecule has 107 valence electrons. The Bertz CT molecular complexity index is 452. The van der Waals surface area contributed by atoms with E-state index < -0.39 is 0 Å². The van der Waals surface area contributed by atoms with E-state index in [0.717, 1.165) is 9.52 Å². The van der Waals surface area contributed by atoms with Crippen molar-refractivity contribution in [2.75, 3.05) is 0 Å². The second-order valence-electron chi connectivity index (χ2n) is 4.29. The first kappa shape index (κ1) is 21.5. The standard InChI is InChI=1S/C10H9.C6H10.C2H7Si.Ti/c1-8-6-9-4-2-3-5-10(9)7-8;1-3-5-6-4-2;1-3-2;/h2-7H,1H3;3-6H,1-2H3;3H,1-2H3;/q-1;;;. The van der Waals surface area contributed by atoms with Crippen molar-refractivity contribution in [3.05, 3.63) is 66.3 Å². The number of fused-ring (bicyclic) bond motifs is 1. The molecule has 0 amide bonds. The fourth-order valence-corrected chi connectivity index (χ4v) is 1.53. The van der Waals surface area contributed by atoms with Gasteiger partial charge in [0.1, 0.15) is 0 Å². The molecular formula is C18H26SiTi-. The average Bonchev–Trinajstić information content (AvgIpc) is 2.78. The summed E-state index contributed by atoms with van der Waals surface area (Å²) in [5.41, 5.74) is 1.35. The van der Waals surface area contributed by atoms with Crippen LogP contribution in [0.3, 0.4) is 0 Å². The van der Waals surface area contributed by atoms with E-state index in [9.17, 15) is 0 Å². The number of rotatable bonds is 1. The summed E-state index contributed by atoms with van der Waals surface area (Å²) in [5.74, 6) is 0. The zero-order valence-electron chi connectivity index (χ0n) is 13.4. The summed E-state index contributed by atoms with van der Waals surface area (Å²) in [5, 5.41) is 2.69. The van der Waals surface area contributed by atoms with Gasteiger partial charge >= 0.3 is 0 Å². The molecule has 20 heavy (non-hydrogen) atoms. The summed E-state index contributed by atoms with van der Waals surface area (Å²) in [6.07, 6.45) is 8.00. The van der Waals surface area contributed by atoms with Crippen LogP contribution in [0.15, 0.2) is 60.7 Å². The van der Waals surface area contributed by atoms with Crippen LogP contribution in [0.1, 0.15) is 19.4 Å². The molecule has 0 atom stereocenters. The summed E-state index contributed by atoms with van der Waals surface area (Å²) in [4.78, 5) is 0. The molecule has 2 heteroatoms. The maximum atomic E-state index is 2.21. The second kappa shape index (κ2) is 14.6. The van der Waals surface area contributed by atoms with Crippen molar-refractivity contribution in [1.29, 1.82) is 0 Å². The van der Waals surface area contributed by atoms with Crippen LogP contribution in [0.25, 0.3) is 10.8 Å². The van der Waals surface area contributed by atoms with Gasteiger partial charge < -0.3 is 0 Å². The third-order valence-corrected chi connectivity index (χ3v) is 2.26. The van der Waals surface area contributed by atoms with Crippen molar-refractivity contribution >= 4 is 20.3 Å². The van der Waals surface area contributed by atoms with Gasteiger partial charge in [-0.05, 0) is 13.8 Å². The Balaban J connectivity index is 0. The van der Waals surface area contributed by atoms with E-state index in [1.165, 1.54) is 16.3 Å². The van der Waals surface area contributed by atoms with Gasteiger partial charge in [0.25, 0.3) is 0 Å². The minimum absolute atomic E-state index is 0. The minimum Gasteiger partial charge on any atom is -0.165 e. The van der Waals surface area contributed by atoms with E-state index in [4.69, 9.17) is 0 Å². The third-order valence-electron chi connectivity index (χ3n) is 2.26. The molecule has 0 unspecified atom stereocenters. The van der Waals surface area contributed by atoms with Gasteiger partial charge in [0.05, 0.1) is 0 Å². The first-order valence-corrected chi connectivity index (χ1v) is 9.10. The van der Waals surface area contributed by atoms with E-state index in [1.54, 1.807) is 0 Å². The molecule has 0 bridgehead atoms. The van der Waals surface area contributed by atoms with E-state index in [2.05, 4.69) is 56.4 Å². The number of hydrogen-bond acceptors (Lipinski definition) is 0. The van der Waals surface area contributed by atoms with E-state index >= 15 is 0 Å². The quantitative estimate of drug-likeness (QED) is 0.369.